The molecule has 2 aromatic carbocycles. The smallest absolute Gasteiger partial charge is 0.233 e. The summed E-state index contributed by atoms with van der Waals surface area (Å²) in [5.41, 5.74) is 2.03. The van der Waals surface area contributed by atoms with Gasteiger partial charge in [-0.15, -0.1) is 5.10 Å². The molecule has 1 N–H and O–H groups in total. The predicted octanol–water partition coefficient (Wildman–Crippen LogP) is 2.54. The first-order valence-corrected chi connectivity index (χ1v) is 11.2. The van der Waals surface area contributed by atoms with Crippen LogP contribution in [-0.4, -0.2) is 62.5 Å². The summed E-state index contributed by atoms with van der Waals surface area (Å²) in [6.45, 7) is 4.62. The first kappa shape index (κ1) is 21.3. The largest absolute Gasteiger partial charge is 0.494 e. The van der Waals surface area contributed by atoms with Gasteiger partial charge < -0.3 is 10.1 Å². The van der Waals surface area contributed by atoms with Gasteiger partial charge in [0.05, 0.1) is 12.4 Å². The predicted molar refractivity (Wildman–Crippen MR) is 119 cm³/mol. The maximum absolute atomic E-state index is 12.8. The van der Waals surface area contributed by atoms with Crippen LogP contribution in [0.25, 0.3) is 5.69 Å². The number of para-hydroxylation sites is 2. The SMILES string of the molecule is COc1ccccc1-n1nnnc1SC(C)C(=O)NC1CCN(Cc2ccccc2)C1. The van der Waals surface area contributed by atoms with E-state index in [0.717, 1.165) is 31.7 Å². The van der Waals surface area contributed by atoms with Gasteiger partial charge in [0.15, 0.2) is 0 Å². The van der Waals surface area contributed by atoms with Gasteiger partial charge in [-0.3, -0.25) is 9.69 Å². The van der Waals surface area contributed by atoms with Crippen LogP contribution >= 0.6 is 11.8 Å². The third-order valence-corrected chi connectivity index (χ3v) is 6.31. The van der Waals surface area contributed by atoms with Gasteiger partial charge in [0.1, 0.15) is 11.4 Å². The number of methoxy groups -OCH3 is 1. The number of benzene rings is 2. The summed E-state index contributed by atoms with van der Waals surface area (Å²) in [6.07, 6.45) is 0.953. The van der Waals surface area contributed by atoms with Crippen LogP contribution < -0.4 is 10.1 Å². The molecule has 1 amide bonds. The Kier molecular flexibility index (Phi) is 6.83. The zero-order valence-electron chi connectivity index (χ0n) is 17.6. The monoisotopic (exact) mass is 438 g/mol. The summed E-state index contributed by atoms with van der Waals surface area (Å²) in [5, 5.41) is 15.4. The van der Waals surface area contributed by atoms with Gasteiger partial charge in [0, 0.05) is 25.7 Å². The van der Waals surface area contributed by atoms with Gasteiger partial charge in [0.25, 0.3) is 0 Å². The summed E-state index contributed by atoms with van der Waals surface area (Å²) in [6, 6.07) is 18.1. The Morgan fingerprint density at radius 2 is 2.00 bits per heavy atom. The van der Waals surface area contributed by atoms with Crippen LogP contribution in [0.5, 0.6) is 5.75 Å². The fourth-order valence-electron chi connectivity index (χ4n) is 3.67. The van der Waals surface area contributed by atoms with Crippen LogP contribution in [0.1, 0.15) is 18.9 Å². The number of hydrogen-bond donors (Lipinski definition) is 1. The topological polar surface area (TPSA) is 85.2 Å². The lowest BCUT2D eigenvalue weighted by molar-refractivity contribution is -0.120. The molecule has 0 radical (unpaired) electrons. The van der Waals surface area contributed by atoms with Crippen molar-refractivity contribution in [3.8, 4) is 11.4 Å². The van der Waals surface area contributed by atoms with Crippen LogP contribution in [0.4, 0.5) is 0 Å². The second-order valence-electron chi connectivity index (χ2n) is 7.52. The van der Waals surface area contributed by atoms with Gasteiger partial charge in [-0.1, -0.05) is 54.2 Å². The number of carbonyl (C=O) groups is 1. The molecule has 1 fully saturated rings. The molecule has 1 saturated heterocycles. The fraction of sp³-hybridized carbons (Fsp3) is 0.364. The van der Waals surface area contributed by atoms with E-state index in [1.54, 1.807) is 11.8 Å². The van der Waals surface area contributed by atoms with Crippen molar-refractivity contribution in [3.63, 3.8) is 0 Å². The van der Waals surface area contributed by atoms with E-state index >= 15 is 0 Å². The number of nitrogens with zero attached hydrogens (tertiary/aromatic N) is 5. The Bertz CT molecular complexity index is 1010. The van der Waals surface area contributed by atoms with Gasteiger partial charge in [-0.05, 0) is 41.5 Å². The minimum atomic E-state index is -0.331. The van der Waals surface area contributed by atoms with Crippen molar-refractivity contribution in [2.75, 3.05) is 20.2 Å². The third-order valence-electron chi connectivity index (χ3n) is 5.27. The molecule has 8 nitrogen and oxygen atoms in total. The second kappa shape index (κ2) is 9.93. The molecule has 0 aliphatic carbocycles. The number of hydrogen-bond acceptors (Lipinski definition) is 7. The van der Waals surface area contributed by atoms with Crippen molar-refractivity contribution in [2.24, 2.45) is 0 Å². The maximum Gasteiger partial charge on any atom is 0.233 e. The van der Waals surface area contributed by atoms with Crippen LogP contribution in [0, 0.1) is 0 Å². The van der Waals surface area contributed by atoms with Gasteiger partial charge in [0.2, 0.25) is 11.1 Å². The molecule has 0 bridgehead atoms. The molecule has 9 heteroatoms. The Balaban J connectivity index is 1.33. The molecule has 1 aromatic heterocycles. The third kappa shape index (κ3) is 5.23. The lowest BCUT2D eigenvalue weighted by Gasteiger charge is -2.18. The van der Waals surface area contributed by atoms with Crippen molar-refractivity contribution in [1.29, 1.82) is 0 Å². The van der Waals surface area contributed by atoms with E-state index in [9.17, 15) is 4.79 Å². The molecular formula is C22H26N6O2S. The van der Waals surface area contributed by atoms with Crippen LogP contribution in [-0.2, 0) is 11.3 Å². The molecule has 2 unspecified atom stereocenters. The number of rotatable bonds is 8. The molecule has 2 heterocycles. The zero-order chi connectivity index (χ0) is 21.6. The van der Waals surface area contributed by atoms with E-state index < -0.39 is 0 Å². The maximum atomic E-state index is 12.8. The molecule has 4 rings (SSSR count). The highest BCUT2D eigenvalue weighted by Gasteiger charge is 2.27. The fourth-order valence-corrected chi connectivity index (χ4v) is 4.48. The minimum Gasteiger partial charge on any atom is -0.494 e. The quantitative estimate of drug-likeness (QED) is 0.541. The normalized spacial score (nSPS) is 17.4. The number of aromatic nitrogens is 4. The zero-order valence-corrected chi connectivity index (χ0v) is 18.5. The van der Waals surface area contributed by atoms with E-state index in [1.165, 1.54) is 17.3 Å². The van der Waals surface area contributed by atoms with E-state index in [4.69, 9.17) is 4.74 Å². The van der Waals surface area contributed by atoms with E-state index in [-0.39, 0.29) is 17.2 Å². The lowest BCUT2D eigenvalue weighted by atomic mass is 10.2. The molecule has 31 heavy (non-hydrogen) atoms. The van der Waals surface area contributed by atoms with E-state index in [0.29, 0.717) is 10.9 Å². The highest BCUT2D eigenvalue weighted by molar-refractivity contribution is 8.00. The van der Waals surface area contributed by atoms with Crippen molar-refractivity contribution >= 4 is 17.7 Å². The van der Waals surface area contributed by atoms with Crippen molar-refractivity contribution in [3.05, 3.63) is 60.2 Å². The van der Waals surface area contributed by atoms with Crippen LogP contribution in [0.3, 0.4) is 0 Å². The summed E-state index contributed by atoms with van der Waals surface area (Å²) in [5.74, 6) is 0.657. The van der Waals surface area contributed by atoms with Crippen LogP contribution in [0.15, 0.2) is 59.8 Å². The Labute approximate surface area is 186 Å². The van der Waals surface area contributed by atoms with Gasteiger partial charge in [-0.2, -0.15) is 4.68 Å². The standard InChI is InChI=1S/C22H26N6O2S/c1-16(31-22-24-25-26-28(22)19-10-6-7-11-20(19)30-2)21(29)23-18-12-13-27(15-18)14-17-8-4-3-5-9-17/h3-11,16,18H,12-15H2,1-2H3,(H,23,29). The molecule has 162 valence electrons. The summed E-state index contributed by atoms with van der Waals surface area (Å²) in [4.78, 5) is 15.2. The Morgan fingerprint density at radius 1 is 1.23 bits per heavy atom. The highest BCUT2D eigenvalue weighted by Crippen LogP contribution is 2.28. The minimum absolute atomic E-state index is 0.00821. The van der Waals surface area contributed by atoms with E-state index in [2.05, 4.69) is 50.0 Å². The Hall–Kier alpha value is -2.91. The first-order chi connectivity index (χ1) is 15.1. The molecule has 1 aliphatic heterocycles. The number of ether oxygens (including phenoxy) is 1. The van der Waals surface area contributed by atoms with Crippen molar-refractivity contribution in [2.45, 2.75) is 36.3 Å². The number of likely N-dealkylation sites (tertiary alicyclic amines) is 1. The molecule has 0 spiro atoms. The molecule has 2 atom stereocenters. The number of nitrogens with one attached hydrogen (secondary N) is 1. The molecule has 0 saturated carbocycles. The number of thioether (sulfide) groups is 1. The average Bonchev–Trinajstić information content (AvgIpc) is 3.43. The number of carbonyl (C=O) groups excluding carboxylic acids is 1. The summed E-state index contributed by atoms with van der Waals surface area (Å²) in [7, 11) is 1.61. The molecule has 1 aliphatic rings. The number of amides is 1. The highest BCUT2D eigenvalue weighted by atomic mass is 32.2. The molecule has 3 aromatic rings. The lowest BCUT2D eigenvalue weighted by Crippen LogP contribution is -2.40. The average molecular weight is 439 g/mol. The summed E-state index contributed by atoms with van der Waals surface area (Å²) >= 11 is 1.33. The van der Waals surface area contributed by atoms with Gasteiger partial charge in [-0.25, -0.2) is 0 Å². The number of tetrazole rings is 1. The first-order valence-electron chi connectivity index (χ1n) is 10.3. The van der Waals surface area contributed by atoms with Crippen molar-refractivity contribution < 1.29 is 9.53 Å². The molecular weight excluding hydrogens is 412 g/mol. The van der Waals surface area contributed by atoms with Gasteiger partial charge >= 0.3 is 0 Å². The Morgan fingerprint density at radius 3 is 2.81 bits per heavy atom. The van der Waals surface area contributed by atoms with E-state index in [1.807, 2.05) is 37.3 Å². The van der Waals surface area contributed by atoms with Crippen molar-refractivity contribution in [1.82, 2.24) is 30.4 Å². The van der Waals surface area contributed by atoms with Crippen LogP contribution in [0.2, 0.25) is 0 Å². The summed E-state index contributed by atoms with van der Waals surface area (Å²) < 4.78 is 7.01. The second-order valence-corrected chi connectivity index (χ2v) is 8.83.